The molecule has 0 spiro atoms. The molecule has 0 aromatic heterocycles. The van der Waals surface area contributed by atoms with Gasteiger partial charge in [-0.2, -0.15) is 4.31 Å². The summed E-state index contributed by atoms with van der Waals surface area (Å²) in [5, 5.41) is 0.730. The average molecular weight is 363 g/mol. The van der Waals surface area contributed by atoms with Crippen molar-refractivity contribution in [3.05, 3.63) is 29.8 Å². The fourth-order valence-corrected chi connectivity index (χ4v) is 3.77. The van der Waals surface area contributed by atoms with Gasteiger partial charge >= 0.3 is 0 Å². The Hall–Kier alpha value is -0.430. The summed E-state index contributed by atoms with van der Waals surface area (Å²) in [5.41, 5.74) is 1.07. The molecule has 0 aliphatic carbocycles. The van der Waals surface area contributed by atoms with Crippen molar-refractivity contribution in [1.29, 1.82) is 0 Å². The molecule has 0 aliphatic rings. The Balaban J connectivity index is 2.82. The number of halogens is 1. The van der Waals surface area contributed by atoms with Crippen LogP contribution in [-0.4, -0.2) is 51.4 Å². The van der Waals surface area contributed by atoms with Crippen molar-refractivity contribution in [2.45, 2.75) is 23.6 Å². The van der Waals surface area contributed by atoms with Gasteiger partial charge < -0.3 is 4.90 Å². The lowest BCUT2D eigenvalue weighted by Crippen LogP contribution is -2.33. The Morgan fingerprint density at radius 2 is 1.70 bits per heavy atom. The van der Waals surface area contributed by atoms with Crippen molar-refractivity contribution >= 4 is 26.0 Å². The van der Waals surface area contributed by atoms with E-state index < -0.39 is 10.0 Å². The zero-order valence-corrected chi connectivity index (χ0v) is 14.7. The first-order chi connectivity index (χ1) is 9.41. The van der Waals surface area contributed by atoms with Gasteiger partial charge in [-0.3, -0.25) is 0 Å². The summed E-state index contributed by atoms with van der Waals surface area (Å²) in [6.45, 7) is 3.81. The van der Waals surface area contributed by atoms with E-state index in [1.165, 1.54) is 0 Å². The van der Waals surface area contributed by atoms with E-state index in [0.29, 0.717) is 18.0 Å². The van der Waals surface area contributed by atoms with Gasteiger partial charge in [0.15, 0.2) is 0 Å². The predicted octanol–water partition coefficient (Wildman–Crippen LogP) is 2.54. The lowest BCUT2D eigenvalue weighted by molar-refractivity contribution is 0.356. The molecule has 1 aromatic rings. The lowest BCUT2D eigenvalue weighted by Gasteiger charge is -2.21. The quantitative estimate of drug-likeness (QED) is 0.667. The van der Waals surface area contributed by atoms with Crippen LogP contribution in [0.15, 0.2) is 29.2 Å². The number of alkyl halides is 1. The molecule has 6 heteroatoms. The van der Waals surface area contributed by atoms with Crippen LogP contribution in [0.1, 0.15) is 18.9 Å². The number of sulfonamides is 1. The van der Waals surface area contributed by atoms with Crippen molar-refractivity contribution in [3.63, 3.8) is 0 Å². The minimum Gasteiger partial charge on any atom is -0.309 e. The van der Waals surface area contributed by atoms with Gasteiger partial charge in [0, 0.05) is 18.4 Å². The SMILES string of the molecule is CCN(CCCN(C)C)S(=O)(=O)c1ccc(CBr)cc1. The summed E-state index contributed by atoms with van der Waals surface area (Å²) >= 11 is 3.36. The topological polar surface area (TPSA) is 40.6 Å². The van der Waals surface area contributed by atoms with Gasteiger partial charge in [0.1, 0.15) is 0 Å². The average Bonchev–Trinajstić information content (AvgIpc) is 2.43. The normalized spacial score (nSPS) is 12.3. The summed E-state index contributed by atoms with van der Waals surface area (Å²) in [5.74, 6) is 0. The Labute approximate surface area is 130 Å². The van der Waals surface area contributed by atoms with E-state index in [2.05, 4.69) is 20.8 Å². The highest BCUT2D eigenvalue weighted by Gasteiger charge is 2.22. The van der Waals surface area contributed by atoms with Crippen molar-refractivity contribution in [1.82, 2.24) is 9.21 Å². The molecule has 0 radical (unpaired) electrons. The highest BCUT2D eigenvalue weighted by molar-refractivity contribution is 9.08. The van der Waals surface area contributed by atoms with Crippen LogP contribution in [-0.2, 0) is 15.4 Å². The van der Waals surface area contributed by atoms with Gasteiger partial charge in [0.05, 0.1) is 4.90 Å². The van der Waals surface area contributed by atoms with E-state index in [4.69, 9.17) is 0 Å². The number of hydrogen-bond donors (Lipinski definition) is 0. The van der Waals surface area contributed by atoms with E-state index in [1.807, 2.05) is 33.2 Å². The van der Waals surface area contributed by atoms with Crippen molar-refractivity contribution < 1.29 is 8.42 Å². The molecule has 1 aromatic carbocycles. The van der Waals surface area contributed by atoms with Gasteiger partial charge in [0.25, 0.3) is 0 Å². The zero-order valence-electron chi connectivity index (χ0n) is 12.3. The van der Waals surface area contributed by atoms with E-state index in [1.54, 1.807) is 16.4 Å². The fourth-order valence-electron chi connectivity index (χ4n) is 1.91. The summed E-state index contributed by atoms with van der Waals surface area (Å²) in [6, 6.07) is 7.05. The smallest absolute Gasteiger partial charge is 0.243 e. The fraction of sp³-hybridized carbons (Fsp3) is 0.571. The second kappa shape index (κ2) is 8.12. The zero-order chi connectivity index (χ0) is 15.2. The maximum absolute atomic E-state index is 12.5. The van der Waals surface area contributed by atoms with E-state index in [-0.39, 0.29) is 0 Å². The van der Waals surface area contributed by atoms with Gasteiger partial charge in [0.2, 0.25) is 10.0 Å². The molecule has 0 N–H and O–H groups in total. The molecule has 4 nitrogen and oxygen atoms in total. The minimum absolute atomic E-state index is 0.369. The third-order valence-electron chi connectivity index (χ3n) is 3.08. The summed E-state index contributed by atoms with van der Waals surface area (Å²) in [4.78, 5) is 2.43. The summed E-state index contributed by atoms with van der Waals surface area (Å²) < 4.78 is 26.6. The molecule has 114 valence electrons. The van der Waals surface area contributed by atoms with Crippen LogP contribution < -0.4 is 0 Å². The monoisotopic (exact) mass is 362 g/mol. The molecule has 20 heavy (non-hydrogen) atoms. The predicted molar refractivity (Wildman–Crippen MR) is 86.7 cm³/mol. The first-order valence-electron chi connectivity index (χ1n) is 6.71. The summed E-state index contributed by atoms with van der Waals surface area (Å²) in [7, 11) is 0.605. The molecule has 0 amide bonds. The maximum Gasteiger partial charge on any atom is 0.243 e. The molecule has 0 atom stereocenters. The third-order valence-corrected chi connectivity index (χ3v) is 5.72. The largest absolute Gasteiger partial charge is 0.309 e. The number of nitrogens with zero attached hydrogens (tertiary/aromatic N) is 2. The van der Waals surface area contributed by atoms with Crippen LogP contribution in [0.25, 0.3) is 0 Å². The maximum atomic E-state index is 12.5. The van der Waals surface area contributed by atoms with Crippen LogP contribution in [0.4, 0.5) is 0 Å². The number of benzene rings is 1. The lowest BCUT2D eigenvalue weighted by atomic mass is 10.2. The second-order valence-corrected chi connectivity index (χ2v) is 7.43. The van der Waals surface area contributed by atoms with E-state index in [9.17, 15) is 8.42 Å². The number of rotatable bonds is 8. The van der Waals surface area contributed by atoms with Crippen molar-refractivity contribution in [3.8, 4) is 0 Å². The Morgan fingerprint density at radius 3 is 2.15 bits per heavy atom. The van der Waals surface area contributed by atoms with Crippen LogP contribution in [0.5, 0.6) is 0 Å². The molecule has 1 rings (SSSR count). The molecular weight excluding hydrogens is 340 g/mol. The molecule has 0 heterocycles. The first kappa shape index (κ1) is 17.6. The standard InChI is InChI=1S/C14H23BrN2O2S/c1-4-17(11-5-10-16(2)3)20(18,19)14-8-6-13(12-15)7-9-14/h6-9H,4-5,10-12H2,1-3H3. The van der Waals surface area contributed by atoms with Gasteiger partial charge in [-0.25, -0.2) is 8.42 Å². The molecular formula is C14H23BrN2O2S. The van der Waals surface area contributed by atoms with E-state index in [0.717, 1.165) is 23.9 Å². The Bertz CT molecular complexity index is 500. The van der Waals surface area contributed by atoms with Crippen molar-refractivity contribution in [2.24, 2.45) is 0 Å². The Morgan fingerprint density at radius 1 is 1.10 bits per heavy atom. The minimum atomic E-state index is -3.37. The highest BCUT2D eigenvalue weighted by atomic mass is 79.9. The molecule has 0 bridgehead atoms. The highest BCUT2D eigenvalue weighted by Crippen LogP contribution is 2.17. The van der Waals surface area contributed by atoms with E-state index >= 15 is 0 Å². The van der Waals surface area contributed by atoms with Crippen LogP contribution in [0, 0.1) is 0 Å². The number of hydrogen-bond acceptors (Lipinski definition) is 3. The van der Waals surface area contributed by atoms with Gasteiger partial charge in [-0.05, 0) is 44.8 Å². The molecule has 0 fully saturated rings. The van der Waals surface area contributed by atoms with Crippen LogP contribution in [0.2, 0.25) is 0 Å². The Kier molecular flexibility index (Phi) is 7.15. The molecule has 0 saturated carbocycles. The summed E-state index contributed by atoms with van der Waals surface area (Å²) in [6.07, 6.45) is 0.833. The van der Waals surface area contributed by atoms with Gasteiger partial charge in [-0.1, -0.05) is 35.0 Å². The third kappa shape index (κ3) is 4.84. The van der Waals surface area contributed by atoms with Gasteiger partial charge in [-0.15, -0.1) is 0 Å². The molecule has 0 aliphatic heterocycles. The van der Waals surface area contributed by atoms with Crippen molar-refractivity contribution in [2.75, 3.05) is 33.7 Å². The van der Waals surface area contributed by atoms with Crippen LogP contribution in [0.3, 0.4) is 0 Å². The second-order valence-electron chi connectivity index (χ2n) is 4.93. The van der Waals surface area contributed by atoms with Crippen LogP contribution >= 0.6 is 15.9 Å². The first-order valence-corrected chi connectivity index (χ1v) is 9.27. The molecule has 0 unspecified atom stereocenters. The molecule has 0 saturated heterocycles.